The third-order valence-electron chi connectivity index (χ3n) is 3.27. The highest BCUT2D eigenvalue weighted by molar-refractivity contribution is 8.23. The van der Waals surface area contributed by atoms with Crippen LogP contribution >= 0.6 is 24.0 Å². The van der Waals surface area contributed by atoms with Crippen LogP contribution in [0.3, 0.4) is 0 Å². The molecule has 0 radical (unpaired) electrons. The van der Waals surface area contributed by atoms with E-state index in [9.17, 15) is 4.79 Å². The molecular weight excluding hydrogens is 286 g/mol. The molecule has 0 N–H and O–H groups in total. The molecule has 100 valence electrons. The maximum absolute atomic E-state index is 12.2. The van der Waals surface area contributed by atoms with Crippen molar-refractivity contribution in [1.29, 1.82) is 0 Å². The zero-order chi connectivity index (χ0) is 13.9. The van der Waals surface area contributed by atoms with Gasteiger partial charge in [-0.25, -0.2) is 0 Å². The molecule has 2 aromatic carbocycles. The van der Waals surface area contributed by atoms with E-state index >= 15 is 0 Å². The maximum Gasteiger partial charge on any atom is 0.239 e. The first-order chi connectivity index (χ1) is 9.77. The van der Waals surface area contributed by atoms with Gasteiger partial charge in [-0.3, -0.25) is 9.69 Å². The zero-order valence-electron chi connectivity index (χ0n) is 10.7. The van der Waals surface area contributed by atoms with Crippen LogP contribution in [0.1, 0.15) is 17.2 Å². The van der Waals surface area contributed by atoms with Crippen molar-refractivity contribution in [2.24, 2.45) is 0 Å². The molecule has 1 aliphatic rings. The molecule has 1 aliphatic heterocycles. The van der Waals surface area contributed by atoms with Gasteiger partial charge in [0, 0.05) is 0 Å². The Kier molecular flexibility index (Phi) is 3.85. The highest BCUT2D eigenvalue weighted by Crippen LogP contribution is 2.34. The van der Waals surface area contributed by atoms with Crippen molar-refractivity contribution in [3.8, 4) is 0 Å². The third-order valence-corrected chi connectivity index (χ3v) is 4.66. The zero-order valence-corrected chi connectivity index (χ0v) is 12.4. The molecule has 0 bridgehead atoms. The molecule has 1 saturated heterocycles. The molecule has 2 aromatic rings. The van der Waals surface area contributed by atoms with Crippen LogP contribution in [0.15, 0.2) is 60.7 Å². The van der Waals surface area contributed by atoms with Crippen LogP contribution < -0.4 is 0 Å². The van der Waals surface area contributed by atoms with Crippen molar-refractivity contribution in [1.82, 2.24) is 4.90 Å². The van der Waals surface area contributed by atoms with E-state index in [0.29, 0.717) is 10.1 Å². The van der Waals surface area contributed by atoms with Gasteiger partial charge in [-0.1, -0.05) is 84.6 Å². The van der Waals surface area contributed by atoms with Gasteiger partial charge in [0.2, 0.25) is 5.91 Å². The fraction of sp³-hybridized carbons (Fsp3) is 0.125. The van der Waals surface area contributed by atoms with Gasteiger partial charge in [0.15, 0.2) is 0 Å². The summed E-state index contributed by atoms with van der Waals surface area (Å²) in [5.41, 5.74) is 2.16. The van der Waals surface area contributed by atoms with Crippen LogP contribution in [0.5, 0.6) is 0 Å². The van der Waals surface area contributed by atoms with Crippen LogP contribution in [-0.4, -0.2) is 20.9 Å². The number of carbonyl (C=O) groups is 1. The lowest BCUT2D eigenvalue weighted by atomic mass is 9.97. The number of amides is 1. The number of nitrogens with zero attached hydrogens (tertiary/aromatic N) is 1. The van der Waals surface area contributed by atoms with E-state index in [4.69, 9.17) is 12.2 Å². The Morgan fingerprint density at radius 2 is 1.45 bits per heavy atom. The fourth-order valence-corrected chi connectivity index (χ4v) is 3.49. The van der Waals surface area contributed by atoms with Gasteiger partial charge in [0.1, 0.15) is 4.32 Å². The third kappa shape index (κ3) is 2.49. The lowest BCUT2D eigenvalue weighted by molar-refractivity contribution is -0.125. The number of hydrogen-bond acceptors (Lipinski definition) is 3. The van der Waals surface area contributed by atoms with Crippen molar-refractivity contribution in [2.45, 2.75) is 6.04 Å². The van der Waals surface area contributed by atoms with E-state index in [1.54, 1.807) is 4.90 Å². The Hall–Kier alpha value is -1.65. The second kappa shape index (κ2) is 5.77. The topological polar surface area (TPSA) is 20.3 Å². The molecule has 1 heterocycles. The van der Waals surface area contributed by atoms with Gasteiger partial charge in [0.25, 0.3) is 0 Å². The number of thiocarbonyl (C=S) groups is 1. The molecule has 0 atom stereocenters. The monoisotopic (exact) mass is 299 g/mol. The summed E-state index contributed by atoms with van der Waals surface area (Å²) in [5, 5.41) is 0. The molecule has 0 aliphatic carbocycles. The molecule has 2 nitrogen and oxygen atoms in total. The van der Waals surface area contributed by atoms with E-state index in [1.807, 2.05) is 60.7 Å². The van der Waals surface area contributed by atoms with Crippen LogP contribution in [0.25, 0.3) is 0 Å². The summed E-state index contributed by atoms with van der Waals surface area (Å²) < 4.78 is 0.660. The second-order valence-corrected chi connectivity index (χ2v) is 6.15. The molecule has 1 fully saturated rings. The van der Waals surface area contributed by atoms with Gasteiger partial charge in [-0.05, 0) is 11.1 Å². The molecule has 3 rings (SSSR count). The number of rotatable bonds is 3. The number of thioether (sulfide) groups is 1. The molecule has 0 aromatic heterocycles. The fourth-order valence-electron chi connectivity index (χ4n) is 2.38. The van der Waals surface area contributed by atoms with Crippen molar-refractivity contribution in [3.05, 3.63) is 71.8 Å². The highest BCUT2D eigenvalue weighted by atomic mass is 32.2. The standard InChI is InChI=1S/C16H13NOS2/c18-14-11-20-16(19)17(14)15(12-7-3-1-4-8-12)13-9-5-2-6-10-13/h1-10,15H,11H2. The van der Waals surface area contributed by atoms with Gasteiger partial charge in [-0.15, -0.1) is 0 Å². The minimum absolute atomic E-state index is 0.0812. The first kappa shape index (κ1) is 13.3. The Morgan fingerprint density at radius 3 is 1.85 bits per heavy atom. The summed E-state index contributed by atoms with van der Waals surface area (Å²) in [4.78, 5) is 13.9. The minimum atomic E-state index is -0.132. The summed E-state index contributed by atoms with van der Waals surface area (Å²) in [5.74, 6) is 0.521. The Morgan fingerprint density at radius 1 is 0.950 bits per heavy atom. The summed E-state index contributed by atoms with van der Waals surface area (Å²) in [6, 6.07) is 19.9. The van der Waals surface area contributed by atoms with Gasteiger partial charge in [-0.2, -0.15) is 0 Å². The molecular formula is C16H13NOS2. The second-order valence-electron chi connectivity index (χ2n) is 4.54. The lowest BCUT2D eigenvalue weighted by Gasteiger charge is -2.28. The normalized spacial score (nSPS) is 15.2. The van der Waals surface area contributed by atoms with E-state index in [2.05, 4.69) is 0 Å². The first-order valence-corrected chi connectivity index (χ1v) is 7.75. The van der Waals surface area contributed by atoms with Crippen molar-refractivity contribution < 1.29 is 4.79 Å². The molecule has 4 heteroatoms. The smallest absolute Gasteiger partial charge is 0.239 e. The summed E-state index contributed by atoms with van der Waals surface area (Å²) in [6.45, 7) is 0. The predicted molar refractivity (Wildman–Crippen MR) is 86.6 cm³/mol. The summed E-state index contributed by atoms with van der Waals surface area (Å²) in [7, 11) is 0. The Labute approximate surface area is 127 Å². The molecule has 0 saturated carbocycles. The van der Waals surface area contributed by atoms with Crippen LogP contribution in [-0.2, 0) is 4.79 Å². The number of benzene rings is 2. The maximum atomic E-state index is 12.2. The summed E-state index contributed by atoms with van der Waals surface area (Å²) >= 11 is 6.80. The van der Waals surface area contributed by atoms with Crippen LogP contribution in [0.4, 0.5) is 0 Å². The van der Waals surface area contributed by atoms with E-state index < -0.39 is 0 Å². The van der Waals surface area contributed by atoms with Crippen LogP contribution in [0, 0.1) is 0 Å². The molecule has 0 spiro atoms. The predicted octanol–water partition coefficient (Wildman–Crippen LogP) is 3.64. The van der Waals surface area contributed by atoms with Crippen molar-refractivity contribution >= 4 is 34.2 Å². The number of hydrogen-bond donors (Lipinski definition) is 0. The lowest BCUT2D eigenvalue weighted by Crippen LogP contribution is -2.33. The van der Waals surface area contributed by atoms with Gasteiger partial charge >= 0.3 is 0 Å². The highest BCUT2D eigenvalue weighted by Gasteiger charge is 2.34. The SMILES string of the molecule is O=C1CSC(=S)N1C(c1ccccc1)c1ccccc1. The van der Waals surface area contributed by atoms with Crippen molar-refractivity contribution in [2.75, 3.05) is 5.75 Å². The quantitative estimate of drug-likeness (QED) is 0.807. The molecule has 20 heavy (non-hydrogen) atoms. The van der Waals surface area contributed by atoms with E-state index in [-0.39, 0.29) is 11.9 Å². The summed E-state index contributed by atoms with van der Waals surface area (Å²) in [6.07, 6.45) is 0. The minimum Gasteiger partial charge on any atom is -0.285 e. The van der Waals surface area contributed by atoms with Crippen molar-refractivity contribution in [3.63, 3.8) is 0 Å². The van der Waals surface area contributed by atoms with E-state index in [1.165, 1.54) is 11.8 Å². The average molecular weight is 299 g/mol. The average Bonchev–Trinajstić information content (AvgIpc) is 2.82. The van der Waals surface area contributed by atoms with Gasteiger partial charge in [0.05, 0.1) is 11.8 Å². The molecule has 1 amide bonds. The van der Waals surface area contributed by atoms with Crippen LogP contribution in [0.2, 0.25) is 0 Å². The number of carbonyl (C=O) groups excluding carboxylic acids is 1. The molecule has 0 unspecified atom stereocenters. The first-order valence-electron chi connectivity index (χ1n) is 6.36. The van der Waals surface area contributed by atoms with Gasteiger partial charge < -0.3 is 0 Å². The largest absolute Gasteiger partial charge is 0.285 e. The Balaban J connectivity index is 2.09. The van der Waals surface area contributed by atoms with E-state index in [0.717, 1.165) is 11.1 Å². The Bertz CT molecular complexity index is 572.